The van der Waals surface area contributed by atoms with Crippen molar-refractivity contribution < 1.29 is 19.1 Å². The molecule has 0 aliphatic carbocycles. The molecule has 1 aliphatic rings. The fourth-order valence-electron chi connectivity index (χ4n) is 3.20. The highest BCUT2D eigenvalue weighted by Gasteiger charge is 2.27. The largest absolute Gasteiger partial charge is 0.478 e. The number of nitrogens with zero attached hydrogens (tertiary/aromatic N) is 3. The lowest BCUT2D eigenvalue weighted by Crippen LogP contribution is -2.29. The summed E-state index contributed by atoms with van der Waals surface area (Å²) in [5.74, 6) is -1.19. The third-order valence-electron chi connectivity index (χ3n) is 4.58. The molecule has 0 bridgehead atoms. The number of hydrogen-bond acceptors (Lipinski definition) is 3. The predicted octanol–water partition coefficient (Wildman–Crippen LogP) is 3.93. The molecule has 7 heteroatoms. The van der Waals surface area contributed by atoms with Crippen molar-refractivity contribution >= 4 is 22.9 Å². The van der Waals surface area contributed by atoms with E-state index in [2.05, 4.69) is 4.98 Å². The van der Waals surface area contributed by atoms with Gasteiger partial charge in [0.2, 0.25) is 0 Å². The number of aromatic carboxylic acids is 1. The summed E-state index contributed by atoms with van der Waals surface area (Å²) in [7, 11) is 0. The van der Waals surface area contributed by atoms with Crippen molar-refractivity contribution in [1.82, 2.24) is 14.5 Å². The molecule has 6 nitrogen and oxygen atoms in total. The molecule has 1 saturated heterocycles. The number of carboxylic acid groups (broad SMARTS) is 1. The molecule has 0 radical (unpaired) electrons. The topological polar surface area (TPSA) is 75.4 Å². The van der Waals surface area contributed by atoms with Gasteiger partial charge in [0.05, 0.1) is 17.7 Å². The van der Waals surface area contributed by atoms with E-state index in [4.69, 9.17) is 5.11 Å². The Bertz CT molecular complexity index is 998. The van der Waals surface area contributed by atoms with Crippen molar-refractivity contribution in [2.24, 2.45) is 0 Å². The first-order chi connectivity index (χ1) is 13.5. The fraction of sp³-hybridized carbons (Fsp3) is 0.286. The highest BCUT2D eigenvalue weighted by atomic mass is 19.1. The molecule has 0 saturated carbocycles. The minimum Gasteiger partial charge on any atom is -0.478 e. The van der Waals surface area contributed by atoms with Crippen LogP contribution in [0.25, 0.3) is 16.7 Å². The van der Waals surface area contributed by atoms with Crippen molar-refractivity contribution in [3.05, 3.63) is 59.9 Å². The summed E-state index contributed by atoms with van der Waals surface area (Å²) < 4.78 is 15.1. The summed E-state index contributed by atoms with van der Waals surface area (Å²) in [6.45, 7) is 4.56. The van der Waals surface area contributed by atoms with Crippen molar-refractivity contribution in [3.63, 3.8) is 0 Å². The molecular formula is C21H22FN3O3. The maximum absolute atomic E-state index is 13.3. The van der Waals surface area contributed by atoms with Gasteiger partial charge in [-0.1, -0.05) is 13.8 Å². The molecule has 2 aromatic heterocycles. The molecule has 3 heterocycles. The number of carbonyl (C=O) groups excluding carboxylic acids is 1. The lowest BCUT2D eigenvalue weighted by atomic mass is 10.2. The van der Waals surface area contributed by atoms with Gasteiger partial charge in [0.1, 0.15) is 11.8 Å². The summed E-state index contributed by atoms with van der Waals surface area (Å²) in [6.07, 6.45) is 2.74. The molecule has 4 rings (SSSR count). The van der Waals surface area contributed by atoms with E-state index in [1.807, 2.05) is 30.7 Å². The fourth-order valence-corrected chi connectivity index (χ4v) is 3.20. The van der Waals surface area contributed by atoms with Crippen LogP contribution in [0.1, 0.15) is 41.0 Å². The minimum absolute atomic E-state index is 0.133. The maximum Gasteiger partial charge on any atom is 0.335 e. The van der Waals surface area contributed by atoms with E-state index in [0.29, 0.717) is 24.2 Å². The summed E-state index contributed by atoms with van der Waals surface area (Å²) >= 11 is 0. The number of rotatable bonds is 3. The van der Waals surface area contributed by atoms with Crippen molar-refractivity contribution in [2.75, 3.05) is 13.1 Å². The second-order valence-corrected chi connectivity index (χ2v) is 6.31. The Labute approximate surface area is 162 Å². The number of amides is 1. The first-order valence-electron chi connectivity index (χ1n) is 9.27. The molecule has 28 heavy (non-hydrogen) atoms. The zero-order valence-corrected chi connectivity index (χ0v) is 15.8. The van der Waals surface area contributed by atoms with Gasteiger partial charge < -0.3 is 14.6 Å². The van der Waals surface area contributed by atoms with E-state index in [-0.39, 0.29) is 18.0 Å². The van der Waals surface area contributed by atoms with Crippen LogP contribution in [-0.2, 0) is 0 Å². The molecule has 1 N–H and O–H groups in total. The van der Waals surface area contributed by atoms with Crippen LogP contribution in [0.3, 0.4) is 0 Å². The Balaban J connectivity index is 0.00000109. The van der Waals surface area contributed by atoms with Crippen LogP contribution in [0.4, 0.5) is 4.39 Å². The van der Waals surface area contributed by atoms with Gasteiger partial charge in [-0.2, -0.15) is 0 Å². The molecule has 1 aliphatic heterocycles. The van der Waals surface area contributed by atoms with Gasteiger partial charge in [-0.15, -0.1) is 0 Å². The van der Waals surface area contributed by atoms with E-state index in [1.54, 1.807) is 18.2 Å². The van der Waals surface area contributed by atoms with Crippen molar-refractivity contribution in [3.8, 4) is 5.69 Å². The SMILES string of the molecule is CC.O=C(O)c1ccc(-n2ccc3cc(C(=O)N4CCC(F)C4)cnc32)cc1. The smallest absolute Gasteiger partial charge is 0.335 e. The Kier molecular flexibility index (Phi) is 5.73. The molecular weight excluding hydrogens is 361 g/mol. The predicted molar refractivity (Wildman–Crippen MR) is 105 cm³/mol. The van der Waals surface area contributed by atoms with E-state index >= 15 is 0 Å². The van der Waals surface area contributed by atoms with Gasteiger partial charge in [0.25, 0.3) is 5.91 Å². The first-order valence-corrected chi connectivity index (χ1v) is 9.27. The molecule has 146 valence electrons. The Hall–Kier alpha value is -3.22. The summed E-state index contributed by atoms with van der Waals surface area (Å²) in [4.78, 5) is 29.3. The number of aromatic nitrogens is 2. The molecule has 3 aromatic rings. The van der Waals surface area contributed by atoms with Crippen LogP contribution in [0.2, 0.25) is 0 Å². The first kappa shape index (κ1) is 19.5. The lowest BCUT2D eigenvalue weighted by Gasteiger charge is -2.15. The zero-order chi connectivity index (χ0) is 20.3. The summed E-state index contributed by atoms with van der Waals surface area (Å²) in [6, 6.07) is 10.1. The monoisotopic (exact) mass is 383 g/mol. The maximum atomic E-state index is 13.3. The number of likely N-dealkylation sites (tertiary alicyclic amines) is 1. The second kappa shape index (κ2) is 8.21. The van der Waals surface area contributed by atoms with Gasteiger partial charge in [-0.3, -0.25) is 4.79 Å². The minimum atomic E-state index is -0.979. The number of fused-ring (bicyclic) bond motifs is 1. The van der Waals surface area contributed by atoms with E-state index in [0.717, 1.165) is 11.1 Å². The van der Waals surface area contributed by atoms with Gasteiger partial charge >= 0.3 is 5.97 Å². The second-order valence-electron chi connectivity index (χ2n) is 6.31. The normalized spacial score (nSPS) is 16.0. The number of carbonyl (C=O) groups is 2. The Morgan fingerprint density at radius 1 is 1.14 bits per heavy atom. The molecule has 1 unspecified atom stereocenters. The third-order valence-corrected chi connectivity index (χ3v) is 4.58. The molecule has 1 aromatic carbocycles. The molecule has 0 spiro atoms. The summed E-state index contributed by atoms with van der Waals surface area (Å²) in [5, 5.41) is 9.77. The average molecular weight is 383 g/mol. The van der Waals surface area contributed by atoms with Crippen molar-refractivity contribution in [2.45, 2.75) is 26.4 Å². The number of pyridine rings is 1. The summed E-state index contributed by atoms with van der Waals surface area (Å²) in [5.41, 5.74) is 2.08. The van der Waals surface area contributed by atoms with Crippen LogP contribution in [0.5, 0.6) is 0 Å². The number of benzene rings is 1. The van der Waals surface area contributed by atoms with Crippen LogP contribution < -0.4 is 0 Å². The van der Waals surface area contributed by atoms with Crippen LogP contribution in [0, 0.1) is 0 Å². The zero-order valence-electron chi connectivity index (χ0n) is 15.8. The highest BCUT2D eigenvalue weighted by Crippen LogP contribution is 2.22. The van der Waals surface area contributed by atoms with Crippen LogP contribution in [0.15, 0.2) is 48.8 Å². The quantitative estimate of drug-likeness (QED) is 0.743. The van der Waals surface area contributed by atoms with Gasteiger partial charge in [-0.25, -0.2) is 14.2 Å². The standard InChI is InChI=1S/C19H16FN3O3.C2H6/c20-15-6-7-22(11-15)18(24)14-9-13-5-8-23(17(13)21-10-14)16-3-1-12(2-4-16)19(25)26;1-2/h1-5,8-10,15H,6-7,11H2,(H,25,26);1-2H3. The lowest BCUT2D eigenvalue weighted by molar-refractivity contribution is 0.0696. The third kappa shape index (κ3) is 3.74. The van der Waals surface area contributed by atoms with Crippen LogP contribution >= 0.6 is 0 Å². The van der Waals surface area contributed by atoms with E-state index in [1.165, 1.54) is 23.2 Å². The number of halogens is 1. The average Bonchev–Trinajstić information content (AvgIpc) is 3.34. The van der Waals surface area contributed by atoms with Crippen molar-refractivity contribution in [1.29, 1.82) is 0 Å². The van der Waals surface area contributed by atoms with Gasteiger partial charge in [0, 0.05) is 30.0 Å². The van der Waals surface area contributed by atoms with Gasteiger partial charge in [-0.05, 0) is 42.8 Å². The van der Waals surface area contributed by atoms with E-state index in [9.17, 15) is 14.0 Å². The number of hydrogen-bond donors (Lipinski definition) is 1. The van der Waals surface area contributed by atoms with Gasteiger partial charge in [0.15, 0.2) is 0 Å². The Morgan fingerprint density at radius 2 is 1.86 bits per heavy atom. The van der Waals surface area contributed by atoms with E-state index < -0.39 is 12.1 Å². The Morgan fingerprint density at radius 3 is 2.46 bits per heavy atom. The molecule has 1 atom stereocenters. The van der Waals surface area contributed by atoms with Crippen LogP contribution in [-0.4, -0.2) is 50.7 Å². The highest BCUT2D eigenvalue weighted by molar-refractivity contribution is 5.97. The molecule has 1 amide bonds. The number of alkyl halides is 1. The number of carboxylic acids is 1. The molecule has 1 fully saturated rings.